The van der Waals surface area contributed by atoms with Crippen molar-refractivity contribution in [3.63, 3.8) is 0 Å². The van der Waals surface area contributed by atoms with Crippen molar-refractivity contribution in [2.45, 2.75) is 26.3 Å². The van der Waals surface area contributed by atoms with Crippen molar-refractivity contribution in [3.05, 3.63) is 35.9 Å². The third kappa shape index (κ3) is 5.55. The number of benzene rings is 1. The van der Waals surface area contributed by atoms with Gasteiger partial charge in [-0.2, -0.15) is 0 Å². The Morgan fingerprint density at radius 1 is 1.27 bits per heavy atom. The number of nitrogens with two attached hydrogens (primary N) is 1. The Bertz CT molecular complexity index is 246. The fourth-order valence-electron chi connectivity index (χ4n) is 1.63. The molecule has 1 aromatic rings. The first-order valence-corrected chi connectivity index (χ1v) is 5.77. The summed E-state index contributed by atoms with van der Waals surface area (Å²) in [5.74, 6) is 0.720. The molecule has 2 heteroatoms. The zero-order valence-electron chi connectivity index (χ0n) is 9.58. The summed E-state index contributed by atoms with van der Waals surface area (Å²) in [6, 6.07) is 10.5. The summed E-state index contributed by atoms with van der Waals surface area (Å²) in [7, 11) is 0. The van der Waals surface area contributed by atoms with Crippen LogP contribution in [-0.2, 0) is 6.54 Å². The molecule has 2 nitrogen and oxygen atoms in total. The van der Waals surface area contributed by atoms with E-state index in [1.54, 1.807) is 0 Å². The standard InChI is InChI=1S/C13H22N2/c1-12(6-5-9-14)10-15-11-13-7-3-2-4-8-13/h2-4,7-8,12,15H,5-6,9-11,14H2,1H3. The Kier molecular flexibility index (Phi) is 6.05. The molecular formula is C13H22N2. The lowest BCUT2D eigenvalue weighted by Crippen LogP contribution is -2.21. The molecule has 0 aliphatic heterocycles. The van der Waals surface area contributed by atoms with Crippen LogP contribution in [0.25, 0.3) is 0 Å². The average molecular weight is 206 g/mol. The van der Waals surface area contributed by atoms with E-state index >= 15 is 0 Å². The Morgan fingerprint density at radius 2 is 2.00 bits per heavy atom. The van der Waals surface area contributed by atoms with Crippen molar-refractivity contribution in [1.82, 2.24) is 5.32 Å². The van der Waals surface area contributed by atoms with Crippen LogP contribution in [0.4, 0.5) is 0 Å². The molecule has 0 aromatic heterocycles. The SMILES string of the molecule is CC(CCCN)CNCc1ccccc1. The van der Waals surface area contributed by atoms with Gasteiger partial charge in [0.05, 0.1) is 0 Å². The van der Waals surface area contributed by atoms with E-state index in [9.17, 15) is 0 Å². The summed E-state index contributed by atoms with van der Waals surface area (Å²) in [5, 5.41) is 3.47. The van der Waals surface area contributed by atoms with Crippen molar-refractivity contribution in [1.29, 1.82) is 0 Å². The van der Waals surface area contributed by atoms with Gasteiger partial charge in [-0.15, -0.1) is 0 Å². The molecule has 15 heavy (non-hydrogen) atoms. The van der Waals surface area contributed by atoms with Crippen LogP contribution in [-0.4, -0.2) is 13.1 Å². The predicted molar refractivity (Wildman–Crippen MR) is 65.6 cm³/mol. The normalized spacial score (nSPS) is 12.7. The minimum atomic E-state index is 0.720. The number of hydrogen-bond donors (Lipinski definition) is 2. The lowest BCUT2D eigenvalue weighted by molar-refractivity contribution is 0.469. The summed E-state index contributed by atoms with van der Waals surface area (Å²) in [6.45, 7) is 5.12. The van der Waals surface area contributed by atoms with Crippen LogP contribution in [0.2, 0.25) is 0 Å². The summed E-state index contributed by atoms with van der Waals surface area (Å²) in [6.07, 6.45) is 2.35. The Labute approximate surface area is 92.9 Å². The first kappa shape index (κ1) is 12.2. The van der Waals surface area contributed by atoms with Gasteiger partial charge < -0.3 is 11.1 Å². The first-order valence-electron chi connectivity index (χ1n) is 5.77. The molecule has 0 saturated heterocycles. The molecule has 0 amide bonds. The minimum Gasteiger partial charge on any atom is -0.330 e. The largest absolute Gasteiger partial charge is 0.330 e. The van der Waals surface area contributed by atoms with Crippen LogP contribution in [0, 0.1) is 5.92 Å². The van der Waals surface area contributed by atoms with Crippen molar-refractivity contribution >= 4 is 0 Å². The van der Waals surface area contributed by atoms with Gasteiger partial charge in [0.1, 0.15) is 0 Å². The molecule has 84 valence electrons. The van der Waals surface area contributed by atoms with Crippen LogP contribution in [0.5, 0.6) is 0 Å². The highest BCUT2D eigenvalue weighted by Gasteiger charge is 2.00. The zero-order chi connectivity index (χ0) is 10.9. The molecule has 1 aromatic carbocycles. The monoisotopic (exact) mass is 206 g/mol. The van der Waals surface area contributed by atoms with Crippen molar-refractivity contribution in [2.24, 2.45) is 11.7 Å². The first-order chi connectivity index (χ1) is 7.33. The Balaban J connectivity index is 2.11. The third-order valence-corrected chi connectivity index (χ3v) is 2.57. The minimum absolute atomic E-state index is 0.720. The fourth-order valence-corrected chi connectivity index (χ4v) is 1.63. The van der Waals surface area contributed by atoms with Gasteiger partial charge in [0, 0.05) is 6.54 Å². The summed E-state index contributed by atoms with van der Waals surface area (Å²) >= 11 is 0. The van der Waals surface area contributed by atoms with E-state index in [0.29, 0.717) is 0 Å². The molecule has 0 radical (unpaired) electrons. The van der Waals surface area contributed by atoms with E-state index < -0.39 is 0 Å². The zero-order valence-corrected chi connectivity index (χ0v) is 9.58. The maximum atomic E-state index is 5.48. The number of rotatable bonds is 7. The highest BCUT2D eigenvalue weighted by Crippen LogP contribution is 2.03. The topological polar surface area (TPSA) is 38.0 Å². The third-order valence-electron chi connectivity index (χ3n) is 2.57. The van der Waals surface area contributed by atoms with Gasteiger partial charge in [-0.3, -0.25) is 0 Å². The molecule has 0 aliphatic rings. The number of hydrogen-bond acceptors (Lipinski definition) is 2. The van der Waals surface area contributed by atoms with Gasteiger partial charge in [-0.05, 0) is 37.4 Å². The molecule has 3 N–H and O–H groups in total. The Morgan fingerprint density at radius 3 is 2.67 bits per heavy atom. The van der Waals surface area contributed by atoms with Gasteiger partial charge in [-0.25, -0.2) is 0 Å². The molecule has 0 saturated carbocycles. The lowest BCUT2D eigenvalue weighted by Gasteiger charge is -2.11. The van der Waals surface area contributed by atoms with Crippen molar-refractivity contribution in [2.75, 3.05) is 13.1 Å². The molecule has 0 spiro atoms. The molecule has 0 heterocycles. The van der Waals surface area contributed by atoms with E-state index in [2.05, 4.69) is 36.5 Å². The van der Waals surface area contributed by atoms with Gasteiger partial charge >= 0.3 is 0 Å². The average Bonchev–Trinajstić information content (AvgIpc) is 2.28. The van der Waals surface area contributed by atoms with E-state index in [0.717, 1.165) is 32.0 Å². The second-order valence-electron chi connectivity index (χ2n) is 4.15. The summed E-state index contributed by atoms with van der Waals surface area (Å²) in [4.78, 5) is 0. The molecule has 1 atom stereocenters. The van der Waals surface area contributed by atoms with Crippen LogP contribution in [0.3, 0.4) is 0 Å². The van der Waals surface area contributed by atoms with E-state index in [1.165, 1.54) is 12.0 Å². The molecule has 1 unspecified atom stereocenters. The lowest BCUT2D eigenvalue weighted by atomic mass is 10.1. The maximum Gasteiger partial charge on any atom is 0.0205 e. The van der Waals surface area contributed by atoms with Gasteiger partial charge in [0.25, 0.3) is 0 Å². The van der Waals surface area contributed by atoms with Crippen molar-refractivity contribution < 1.29 is 0 Å². The van der Waals surface area contributed by atoms with Gasteiger partial charge in [0.15, 0.2) is 0 Å². The van der Waals surface area contributed by atoms with E-state index in [4.69, 9.17) is 5.73 Å². The van der Waals surface area contributed by atoms with Crippen LogP contribution >= 0.6 is 0 Å². The maximum absolute atomic E-state index is 5.48. The van der Waals surface area contributed by atoms with Gasteiger partial charge in [-0.1, -0.05) is 37.3 Å². The fraction of sp³-hybridized carbons (Fsp3) is 0.538. The highest BCUT2D eigenvalue weighted by molar-refractivity contribution is 5.14. The summed E-state index contributed by atoms with van der Waals surface area (Å²) in [5.41, 5.74) is 6.83. The Hall–Kier alpha value is -0.860. The van der Waals surface area contributed by atoms with E-state index in [1.807, 2.05) is 6.07 Å². The smallest absolute Gasteiger partial charge is 0.0205 e. The molecule has 1 rings (SSSR count). The molecular weight excluding hydrogens is 184 g/mol. The van der Waals surface area contributed by atoms with E-state index in [-0.39, 0.29) is 0 Å². The quantitative estimate of drug-likeness (QED) is 0.717. The molecule has 0 bridgehead atoms. The molecule has 0 aliphatic carbocycles. The predicted octanol–water partition coefficient (Wildman–Crippen LogP) is 2.15. The number of nitrogens with one attached hydrogen (secondary N) is 1. The van der Waals surface area contributed by atoms with Gasteiger partial charge in [0.2, 0.25) is 0 Å². The highest BCUT2D eigenvalue weighted by atomic mass is 14.9. The summed E-state index contributed by atoms with van der Waals surface area (Å²) < 4.78 is 0. The van der Waals surface area contributed by atoms with Crippen LogP contribution in [0.1, 0.15) is 25.3 Å². The molecule has 0 fully saturated rings. The van der Waals surface area contributed by atoms with Crippen LogP contribution < -0.4 is 11.1 Å². The van der Waals surface area contributed by atoms with Crippen LogP contribution in [0.15, 0.2) is 30.3 Å². The second-order valence-corrected chi connectivity index (χ2v) is 4.15. The van der Waals surface area contributed by atoms with Crippen molar-refractivity contribution in [3.8, 4) is 0 Å². The second kappa shape index (κ2) is 7.43.